The normalized spacial score (nSPS) is 13.1. The van der Waals surface area contributed by atoms with E-state index in [1.165, 1.54) is 10.9 Å². The first-order valence-electron chi connectivity index (χ1n) is 4.27. The Labute approximate surface area is 81.0 Å². The second-order valence-electron chi connectivity index (χ2n) is 3.15. The maximum absolute atomic E-state index is 9.94. The summed E-state index contributed by atoms with van der Waals surface area (Å²) in [5.74, 6) is 0.537. The summed E-state index contributed by atoms with van der Waals surface area (Å²) >= 11 is 0. The fourth-order valence-electron chi connectivity index (χ4n) is 1.34. The summed E-state index contributed by atoms with van der Waals surface area (Å²) in [5, 5.41) is 17.4. The molecule has 5 heteroatoms. The Balaban J connectivity index is 2.38. The van der Waals surface area contributed by atoms with Crippen LogP contribution in [0.3, 0.4) is 0 Å². The van der Waals surface area contributed by atoms with E-state index in [2.05, 4.69) is 10.3 Å². The molecular weight excluding hydrogens is 182 g/mol. The van der Waals surface area contributed by atoms with Gasteiger partial charge in [-0.3, -0.25) is 0 Å². The molecule has 14 heavy (non-hydrogen) atoms. The molecule has 0 amide bonds. The zero-order valence-electron chi connectivity index (χ0n) is 8.01. The molecule has 1 atom stereocenters. The van der Waals surface area contributed by atoms with Crippen molar-refractivity contribution in [2.24, 2.45) is 7.05 Å². The van der Waals surface area contributed by atoms with E-state index in [4.69, 9.17) is 4.42 Å². The van der Waals surface area contributed by atoms with Crippen LogP contribution in [0.5, 0.6) is 0 Å². The van der Waals surface area contributed by atoms with Gasteiger partial charge in [-0.05, 0) is 18.6 Å². The summed E-state index contributed by atoms with van der Waals surface area (Å²) < 4.78 is 6.71. The van der Waals surface area contributed by atoms with Crippen molar-refractivity contribution in [3.05, 3.63) is 35.5 Å². The standard InChI is InChI=1S/C9H11N3O2/c1-6-3-4-14-9(6)8(13)7-5-10-11-12(7)2/h3-5,8,13H,1-2H3. The Hall–Kier alpha value is -1.62. The monoisotopic (exact) mass is 193 g/mol. The predicted octanol–water partition coefficient (Wildman–Crippen LogP) is 0.798. The minimum atomic E-state index is -0.801. The van der Waals surface area contributed by atoms with Crippen molar-refractivity contribution < 1.29 is 9.52 Å². The van der Waals surface area contributed by atoms with E-state index in [1.807, 2.05) is 13.0 Å². The molecule has 0 bridgehead atoms. The van der Waals surface area contributed by atoms with Crippen molar-refractivity contribution >= 4 is 0 Å². The van der Waals surface area contributed by atoms with E-state index < -0.39 is 6.10 Å². The average molecular weight is 193 g/mol. The third-order valence-electron chi connectivity index (χ3n) is 2.18. The Morgan fingerprint density at radius 2 is 2.36 bits per heavy atom. The molecule has 0 aromatic carbocycles. The van der Waals surface area contributed by atoms with Crippen LogP contribution < -0.4 is 0 Å². The number of aliphatic hydroxyl groups is 1. The second-order valence-corrected chi connectivity index (χ2v) is 3.15. The van der Waals surface area contributed by atoms with Gasteiger partial charge in [0.05, 0.1) is 18.2 Å². The van der Waals surface area contributed by atoms with E-state index >= 15 is 0 Å². The highest BCUT2D eigenvalue weighted by atomic mass is 16.4. The quantitative estimate of drug-likeness (QED) is 0.766. The average Bonchev–Trinajstić information content (AvgIpc) is 2.73. The van der Waals surface area contributed by atoms with Crippen molar-refractivity contribution in [3.63, 3.8) is 0 Å². The maximum Gasteiger partial charge on any atom is 0.155 e. The zero-order valence-corrected chi connectivity index (χ0v) is 8.01. The van der Waals surface area contributed by atoms with Gasteiger partial charge in [-0.1, -0.05) is 5.21 Å². The summed E-state index contributed by atoms with van der Waals surface area (Å²) in [4.78, 5) is 0. The molecule has 5 nitrogen and oxygen atoms in total. The van der Waals surface area contributed by atoms with Crippen LogP contribution in [0.15, 0.2) is 22.9 Å². The highest BCUT2D eigenvalue weighted by Crippen LogP contribution is 2.23. The van der Waals surface area contributed by atoms with Gasteiger partial charge in [-0.15, -0.1) is 5.10 Å². The number of furan rings is 1. The number of nitrogens with zero attached hydrogens (tertiary/aromatic N) is 3. The van der Waals surface area contributed by atoms with Gasteiger partial charge >= 0.3 is 0 Å². The molecule has 0 saturated heterocycles. The van der Waals surface area contributed by atoms with Crippen LogP contribution in [0, 0.1) is 6.92 Å². The maximum atomic E-state index is 9.94. The molecule has 1 N–H and O–H groups in total. The summed E-state index contributed by atoms with van der Waals surface area (Å²) in [6, 6.07) is 1.81. The third-order valence-corrected chi connectivity index (χ3v) is 2.18. The van der Waals surface area contributed by atoms with Crippen LogP contribution in [0.2, 0.25) is 0 Å². The smallest absolute Gasteiger partial charge is 0.155 e. The van der Waals surface area contributed by atoms with Crippen LogP contribution in [0.4, 0.5) is 0 Å². The molecule has 1 unspecified atom stereocenters. The number of aryl methyl sites for hydroxylation is 2. The number of aliphatic hydroxyl groups excluding tert-OH is 1. The van der Waals surface area contributed by atoms with Crippen molar-refractivity contribution in [3.8, 4) is 0 Å². The van der Waals surface area contributed by atoms with Gasteiger partial charge in [0.15, 0.2) is 6.10 Å². The van der Waals surface area contributed by atoms with Gasteiger partial charge in [0.25, 0.3) is 0 Å². The Morgan fingerprint density at radius 1 is 1.57 bits per heavy atom. The van der Waals surface area contributed by atoms with Gasteiger partial charge in [0.1, 0.15) is 5.76 Å². The van der Waals surface area contributed by atoms with Crippen LogP contribution >= 0.6 is 0 Å². The molecule has 0 radical (unpaired) electrons. The topological polar surface area (TPSA) is 64.1 Å². The molecule has 74 valence electrons. The number of rotatable bonds is 2. The molecular formula is C9H11N3O2. The number of aromatic nitrogens is 3. The van der Waals surface area contributed by atoms with Gasteiger partial charge in [0.2, 0.25) is 0 Å². The van der Waals surface area contributed by atoms with Crippen molar-refractivity contribution in [2.45, 2.75) is 13.0 Å². The fraction of sp³-hybridized carbons (Fsp3) is 0.333. The molecule has 2 rings (SSSR count). The lowest BCUT2D eigenvalue weighted by Crippen LogP contribution is -2.06. The minimum Gasteiger partial charge on any atom is -0.466 e. The molecule has 2 heterocycles. The first-order chi connectivity index (χ1) is 6.70. The first kappa shape index (κ1) is 8.96. The van der Waals surface area contributed by atoms with E-state index in [9.17, 15) is 5.11 Å². The molecule has 0 aliphatic carbocycles. The summed E-state index contributed by atoms with van der Waals surface area (Å²) in [7, 11) is 1.73. The highest BCUT2D eigenvalue weighted by molar-refractivity contribution is 5.23. The van der Waals surface area contributed by atoms with Gasteiger partial charge in [-0.2, -0.15) is 0 Å². The largest absolute Gasteiger partial charge is 0.466 e. The van der Waals surface area contributed by atoms with Gasteiger partial charge < -0.3 is 9.52 Å². The molecule has 0 aliphatic rings. The predicted molar refractivity (Wildman–Crippen MR) is 48.5 cm³/mol. The van der Waals surface area contributed by atoms with Crippen LogP contribution in [0.1, 0.15) is 23.1 Å². The van der Waals surface area contributed by atoms with Gasteiger partial charge in [0, 0.05) is 7.05 Å². The lowest BCUT2D eigenvalue weighted by atomic mass is 10.1. The van der Waals surface area contributed by atoms with Gasteiger partial charge in [-0.25, -0.2) is 4.68 Å². The summed E-state index contributed by atoms with van der Waals surface area (Å²) in [5.41, 5.74) is 1.53. The van der Waals surface area contributed by atoms with E-state index in [1.54, 1.807) is 13.3 Å². The molecule has 0 fully saturated rings. The van der Waals surface area contributed by atoms with E-state index in [-0.39, 0.29) is 0 Å². The molecule has 2 aromatic rings. The first-order valence-corrected chi connectivity index (χ1v) is 4.27. The molecule has 0 saturated carbocycles. The number of hydrogen-bond acceptors (Lipinski definition) is 4. The van der Waals surface area contributed by atoms with Crippen molar-refractivity contribution in [2.75, 3.05) is 0 Å². The van der Waals surface area contributed by atoms with Crippen molar-refractivity contribution in [1.29, 1.82) is 0 Å². The highest BCUT2D eigenvalue weighted by Gasteiger charge is 2.19. The van der Waals surface area contributed by atoms with Crippen LogP contribution in [-0.4, -0.2) is 20.1 Å². The Morgan fingerprint density at radius 3 is 2.86 bits per heavy atom. The van der Waals surface area contributed by atoms with Crippen LogP contribution in [0.25, 0.3) is 0 Å². The van der Waals surface area contributed by atoms with Crippen LogP contribution in [-0.2, 0) is 7.05 Å². The van der Waals surface area contributed by atoms with Crippen molar-refractivity contribution in [1.82, 2.24) is 15.0 Å². The molecule has 0 spiro atoms. The summed E-state index contributed by atoms with van der Waals surface area (Å²) in [6.45, 7) is 1.88. The Kier molecular flexibility index (Phi) is 2.09. The number of hydrogen-bond donors (Lipinski definition) is 1. The molecule has 2 aromatic heterocycles. The lowest BCUT2D eigenvalue weighted by molar-refractivity contribution is 0.179. The van der Waals surface area contributed by atoms with E-state index in [0.717, 1.165) is 5.56 Å². The zero-order chi connectivity index (χ0) is 10.1. The minimum absolute atomic E-state index is 0.537. The summed E-state index contributed by atoms with van der Waals surface area (Å²) in [6.07, 6.45) is 2.27. The second kappa shape index (κ2) is 3.26. The Bertz CT molecular complexity index is 392. The molecule has 0 aliphatic heterocycles. The van der Waals surface area contributed by atoms with E-state index in [0.29, 0.717) is 11.5 Å². The SMILES string of the molecule is Cc1ccoc1C(O)c1cnnn1C. The third kappa shape index (κ3) is 1.31. The lowest BCUT2D eigenvalue weighted by Gasteiger charge is -2.07. The fourth-order valence-corrected chi connectivity index (χ4v) is 1.34.